The van der Waals surface area contributed by atoms with Gasteiger partial charge in [0.05, 0.1) is 17.7 Å². The van der Waals surface area contributed by atoms with Gasteiger partial charge in [0.2, 0.25) is 0 Å². The van der Waals surface area contributed by atoms with Gasteiger partial charge in [0.25, 0.3) is 5.91 Å². The predicted molar refractivity (Wildman–Crippen MR) is 78.7 cm³/mol. The first-order valence-corrected chi connectivity index (χ1v) is 7.32. The Hall–Kier alpha value is -1.26. The van der Waals surface area contributed by atoms with Gasteiger partial charge in [0, 0.05) is 18.7 Å². The molecule has 0 aliphatic carbocycles. The average Bonchev–Trinajstić information content (AvgIpc) is 2.93. The van der Waals surface area contributed by atoms with Crippen LogP contribution >= 0.6 is 11.6 Å². The van der Waals surface area contributed by atoms with Crippen molar-refractivity contribution in [3.05, 3.63) is 28.3 Å². The highest BCUT2D eigenvalue weighted by molar-refractivity contribution is 6.32. The molecule has 1 aromatic carbocycles. The summed E-state index contributed by atoms with van der Waals surface area (Å²) in [4.78, 5) is 12.2. The van der Waals surface area contributed by atoms with Gasteiger partial charge in [-0.3, -0.25) is 4.79 Å². The summed E-state index contributed by atoms with van der Waals surface area (Å²) in [7, 11) is 0. The van der Waals surface area contributed by atoms with Crippen molar-refractivity contribution >= 4 is 17.5 Å². The summed E-state index contributed by atoms with van der Waals surface area (Å²) in [5.41, 5.74) is 1.43. The molecule has 1 aliphatic rings. The first kappa shape index (κ1) is 15.1. The highest BCUT2D eigenvalue weighted by Gasteiger charge is 2.18. The summed E-state index contributed by atoms with van der Waals surface area (Å²) >= 11 is 6.12. The Morgan fingerprint density at radius 2 is 2.35 bits per heavy atom. The average molecular weight is 298 g/mol. The summed E-state index contributed by atoms with van der Waals surface area (Å²) in [6, 6.07) is 3.46. The summed E-state index contributed by atoms with van der Waals surface area (Å²) in [6.45, 7) is 5.65. The second-order valence-electron chi connectivity index (χ2n) is 4.88. The molecule has 1 atom stereocenters. The molecule has 110 valence electrons. The molecule has 0 saturated carbocycles. The first-order valence-electron chi connectivity index (χ1n) is 6.94. The maximum Gasteiger partial charge on any atom is 0.251 e. The second-order valence-corrected chi connectivity index (χ2v) is 5.28. The Bertz CT molecular complexity index is 484. The topological polar surface area (TPSA) is 47.6 Å². The Kier molecular flexibility index (Phi) is 5.26. The van der Waals surface area contributed by atoms with E-state index in [0.717, 1.165) is 25.0 Å². The molecule has 5 heteroatoms. The Balaban J connectivity index is 2.03. The van der Waals surface area contributed by atoms with Crippen molar-refractivity contribution in [2.45, 2.75) is 32.8 Å². The molecule has 0 bridgehead atoms. The number of halogens is 1. The number of aryl methyl sites for hydroxylation is 1. The predicted octanol–water partition coefficient (Wildman–Crippen LogP) is 2.96. The van der Waals surface area contributed by atoms with Crippen LogP contribution in [0, 0.1) is 6.92 Å². The molecule has 0 spiro atoms. The van der Waals surface area contributed by atoms with E-state index < -0.39 is 0 Å². The maximum atomic E-state index is 12.2. The van der Waals surface area contributed by atoms with Crippen molar-refractivity contribution in [2.24, 2.45) is 0 Å². The molecule has 4 nitrogen and oxygen atoms in total. The molecule has 2 rings (SSSR count). The van der Waals surface area contributed by atoms with Crippen molar-refractivity contribution in [2.75, 3.05) is 19.8 Å². The molecule has 1 unspecified atom stereocenters. The van der Waals surface area contributed by atoms with Crippen LogP contribution in [0.2, 0.25) is 5.02 Å². The molecule has 1 heterocycles. The molecule has 1 saturated heterocycles. The van der Waals surface area contributed by atoms with E-state index in [9.17, 15) is 4.79 Å². The number of carbonyl (C=O) groups excluding carboxylic acids is 1. The molecular weight excluding hydrogens is 278 g/mol. The van der Waals surface area contributed by atoms with Gasteiger partial charge in [-0.1, -0.05) is 11.6 Å². The van der Waals surface area contributed by atoms with Gasteiger partial charge >= 0.3 is 0 Å². The molecule has 1 aromatic rings. The Morgan fingerprint density at radius 3 is 3.00 bits per heavy atom. The zero-order valence-corrected chi connectivity index (χ0v) is 12.6. The van der Waals surface area contributed by atoms with Gasteiger partial charge in [0.1, 0.15) is 5.75 Å². The van der Waals surface area contributed by atoms with Gasteiger partial charge in [0.15, 0.2) is 0 Å². The molecule has 0 radical (unpaired) electrons. The lowest BCUT2D eigenvalue weighted by molar-refractivity contribution is 0.0857. The van der Waals surface area contributed by atoms with E-state index in [0.29, 0.717) is 29.5 Å². The molecule has 1 amide bonds. The van der Waals surface area contributed by atoms with Crippen LogP contribution in [-0.4, -0.2) is 31.8 Å². The Labute approximate surface area is 124 Å². The van der Waals surface area contributed by atoms with Crippen LogP contribution in [0.3, 0.4) is 0 Å². The number of rotatable bonds is 5. The SMILES string of the molecule is CCOc1cc(C)c(C(=O)NCC2CCCO2)cc1Cl. The number of hydrogen-bond donors (Lipinski definition) is 1. The van der Waals surface area contributed by atoms with E-state index in [2.05, 4.69) is 5.32 Å². The largest absolute Gasteiger partial charge is 0.492 e. The lowest BCUT2D eigenvalue weighted by atomic mass is 10.1. The summed E-state index contributed by atoms with van der Waals surface area (Å²) < 4.78 is 10.9. The third-order valence-electron chi connectivity index (χ3n) is 3.34. The number of nitrogens with one attached hydrogen (secondary N) is 1. The fourth-order valence-corrected chi connectivity index (χ4v) is 2.49. The van der Waals surface area contributed by atoms with Crippen molar-refractivity contribution in [3.63, 3.8) is 0 Å². The van der Waals surface area contributed by atoms with E-state index in [-0.39, 0.29) is 12.0 Å². The number of hydrogen-bond acceptors (Lipinski definition) is 3. The van der Waals surface area contributed by atoms with E-state index >= 15 is 0 Å². The zero-order chi connectivity index (χ0) is 14.5. The summed E-state index contributed by atoms with van der Waals surface area (Å²) in [6.07, 6.45) is 2.20. The zero-order valence-electron chi connectivity index (χ0n) is 11.9. The molecule has 20 heavy (non-hydrogen) atoms. The van der Waals surface area contributed by atoms with Gasteiger partial charge in [-0.15, -0.1) is 0 Å². The number of ether oxygens (including phenoxy) is 2. The lowest BCUT2D eigenvalue weighted by Gasteiger charge is -2.13. The second kappa shape index (κ2) is 6.95. The van der Waals surface area contributed by atoms with Gasteiger partial charge in [-0.2, -0.15) is 0 Å². The highest BCUT2D eigenvalue weighted by Crippen LogP contribution is 2.28. The van der Waals surface area contributed by atoms with Crippen molar-refractivity contribution in [1.82, 2.24) is 5.32 Å². The van der Waals surface area contributed by atoms with E-state index in [4.69, 9.17) is 21.1 Å². The third kappa shape index (κ3) is 3.64. The molecule has 1 fully saturated rings. The normalized spacial score (nSPS) is 18.1. The molecule has 1 N–H and O–H groups in total. The van der Waals surface area contributed by atoms with Crippen LogP contribution < -0.4 is 10.1 Å². The van der Waals surface area contributed by atoms with E-state index in [1.54, 1.807) is 12.1 Å². The standard InChI is InChI=1S/C15H20ClNO3/c1-3-19-14-7-10(2)12(8-13(14)16)15(18)17-9-11-5-4-6-20-11/h7-8,11H,3-6,9H2,1-2H3,(H,17,18). The fraction of sp³-hybridized carbons (Fsp3) is 0.533. The van der Waals surface area contributed by atoms with Crippen LogP contribution in [0.5, 0.6) is 5.75 Å². The monoisotopic (exact) mass is 297 g/mol. The van der Waals surface area contributed by atoms with E-state index in [1.807, 2.05) is 13.8 Å². The highest BCUT2D eigenvalue weighted by atomic mass is 35.5. The minimum atomic E-state index is -0.122. The number of amides is 1. The molecular formula is C15H20ClNO3. The quantitative estimate of drug-likeness (QED) is 0.909. The number of carbonyl (C=O) groups is 1. The van der Waals surface area contributed by atoms with Crippen LogP contribution in [0.4, 0.5) is 0 Å². The van der Waals surface area contributed by atoms with Crippen LogP contribution in [-0.2, 0) is 4.74 Å². The third-order valence-corrected chi connectivity index (χ3v) is 3.63. The van der Waals surface area contributed by atoms with Crippen molar-refractivity contribution in [1.29, 1.82) is 0 Å². The minimum absolute atomic E-state index is 0.122. The number of benzene rings is 1. The minimum Gasteiger partial charge on any atom is -0.492 e. The fourth-order valence-electron chi connectivity index (χ4n) is 2.27. The molecule has 1 aliphatic heterocycles. The van der Waals surface area contributed by atoms with Crippen LogP contribution in [0.15, 0.2) is 12.1 Å². The Morgan fingerprint density at radius 1 is 1.55 bits per heavy atom. The van der Waals surface area contributed by atoms with Crippen LogP contribution in [0.25, 0.3) is 0 Å². The maximum absolute atomic E-state index is 12.2. The summed E-state index contributed by atoms with van der Waals surface area (Å²) in [5.74, 6) is 0.491. The van der Waals surface area contributed by atoms with Gasteiger partial charge < -0.3 is 14.8 Å². The van der Waals surface area contributed by atoms with Gasteiger partial charge in [-0.05, 0) is 44.4 Å². The lowest BCUT2D eigenvalue weighted by Crippen LogP contribution is -2.32. The van der Waals surface area contributed by atoms with Crippen molar-refractivity contribution in [3.8, 4) is 5.75 Å². The van der Waals surface area contributed by atoms with E-state index in [1.165, 1.54) is 0 Å². The van der Waals surface area contributed by atoms with Crippen molar-refractivity contribution < 1.29 is 14.3 Å². The van der Waals surface area contributed by atoms with Crippen LogP contribution in [0.1, 0.15) is 35.7 Å². The summed E-state index contributed by atoms with van der Waals surface area (Å²) in [5, 5.41) is 3.36. The first-order chi connectivity index (χ1) is 9.61. The smallest absolute Gasteiger partial charge is 0.251 e. The molecule has 0 aromatic heterocycles. The van der Waals surface area contributed by atoms with Gasteiger partial charge in [-0.25, -0.2) is 0 Å².